The van der Waals surface area contributed by atoms with Gasteiger partial charge in [0.25, 0.3) is 6.43 Å². The Balaban J connectivity index is 3.58. The smallest absolute Gasteiger partial charge is 0.265 e. The minimum absolute atomic E-state index is 0.367. The average molecular weight is 139 g/mol. The highest BCUT2D eigenvalue weighted by molar-refractivity contribution is 4.71. The number of aliphatic hydroxyl groups excluding tert-OH is 1. The second kappa shape index (κ2) is 3.74. The van der Waals surface area contributed by atoms with Gasteiger partial charge in [-0.2, -0.15) is 0 Å². The maximum absolute atomic E-state index is 11.5. The van der Waals surface area contributed by atoms with E-state index in [4.69, 9.17) is 10.8 Å². The van der Waals surface area contributed by atoms with Gasteiger partial charge in [-0.25, -0.2) is 8.78 Å². The third-order valence-electron chi connectivity index (χ3n) is 1.17. The van der Waals surface area contributed by atoms with Gasteiger partial charge in [-0.3, -0.25) is 0 Å². The molecule has 0 aliphatic rings. The third-order valence-corrected chi connectivity index (χ3v) is 1.17. The van der Waals surface area contributed by atoms with Crippen molar-refractivity contribution >= 4 is 0 Å². The number of hydrogen-bond acceptors (Lipinski definition) is 2. The lowest BCUT2D eigenvalue weighted by Gasteiger charge is -2.14. The van der Waals surface area contributed by atoms with Gasteiger partial charge in [-0.1, -0.05) is 6.92 Å². The summed E-state index contributed by atoms with van der Waals surface area (Å²) in [6, 6.07) is -0.801. The van der Waals surface area contributed by atoms with E-state index in [9.17, 15) is 8.78 Å². The number of rotatable bonds is 3. The molecule has 0 saturated heterocycles. The van der Waals surface area contributed by atoms with E-state index in [1.807, 2.05) is 0 Å². The summed E-state index contributed by atoms with van der Waals surface area (Å²) in [4.78, 5) is 0. The second-order valence-electron chi connectivity index (χ2n) is 1.90. The fourth-order valence-corrected chi connectivity index (χ4v) is 0.428. The maximum atomic E-state index is 11.5. The zero-order valence-electron chi connectivity index (χ0n) is 5.22. The van der Waals surface area contributed by atoms with E-state index in [-0.39, 0.29) is 0 Å². The van der Waals surface area contributed by atoms with Gasteiger partial charge >= 0.3 is 0 Å². The average Bonchev–Trinajstić information content (AvgIpc) is 1.84. The lowest BCUT2D eigenvalue weighted by Crippen LogP contribution is -2.38. The van der Waals surface area contributed by atoms with E-state index in [1.165, 1.54) is 0 Å². The molecule has 0 aromatic rings. The van der Waals surface area contributed by atoms with Gasteiger partial charge in [0.1, 0.15) is 6.10 Å². The molecule has 2 nitrogen and oxygen atoms in total. The van der Waals surface area contributed by atoms with E-state index >= 15 is 0 Å². The van der Waals surface area contributed by atoms with Crippen LogP contribution in [0, 0.1) is 0 Å². The number of hydrogen-bond donors (Lipinski definition) is 2. The van der Waals surface area contributed by atoms with Crippen LogP contribution in [0.15, 0.2) is 0 Å². The van der Waals surface area contributed by atoms with Gasteiger partial charge in [0.2, 0.25) is 0 Å². The first-order valence-electron chi connectivity index (χ1n) is 2.81. The van der Waals surface area contributed by atoms with E-state index in [0.717, 1.165) is 0 Å². The van der Waals surface area contributed by atoms with Crippen molar-refractivity contribution < 1.29 is 13.9 Å². The predicted octanol–water partition coefficient (Wildman–Crippen LogP) is 0.350. The summed E-state index contributed by atoms with van der Waals surface area (Å²) >= 11 is 0. The Morgan fingerprint density at radius 3 is 2.11 bits per heavy atom. The van der Waals surface area contributed by atoms with Gasteiger partial charge in [0.05, 0.1) is 0 Å². The molecule has 56 valence electrons. The molecule has 0 aromatic heterocycles. The van der Waals surface area contributed by atoms with E-state index in [0.29, 0.717) is 6.42 Å². The van der Waals surface area contributed by atoms with Crippen LogP contribution in [0.25, 0.3) is 0 Å². The highest BCUT2D eigenvalue weighted by Gasteiger charge is 2.22. The van der Waals surface area contributed by atoms with Crippen LogP contribution in [0.3, 0.4) is 0 Å². The number of aliphatic hydroxyl groups is 1. The summed E-state index contributed by atoms with van der Waals surface area (Å²) in [5, 5.41) is 8.52. The van der Waals surface area contributed by atoms with Gasteiger partial charge in [0, 0.05) is 6.04 Å². The van der Waals surface area contributed by atoms with Crippen LogP contribution in [0.1, 0.15) is 13.3 Å². The topological polar surface area (TPSA) is 46.2 Å². The fourth-order valence-electron chi connectivity index (χ4n) is 0.428. The molecular formula is C5H11F2NO. The molecule has 0 rings (SSSR count). The summed E-state index contributed by atoms with van der Waals surface area (Å²) in [7, 11) is 0. The van der Waals surface area contributed by atoms with Crippen LogP contribution in [0.2, 0.25) is 0 Å². The normalized spacial score (nSPS) is 18.0. The Morgan fingerprint density at radius 1 is 1.56 bits per heavy atom. The molecule has 0 aliphatic heterocycles. The minimum Gasteiger partial charge on any atom is -0.386 e. The summed E-state index contributed by atoms with van der Waals surface area (Å²) in [6.07, 6.45) is -4.03. The van der Waals surface area contributed by atoms with Crippen LogP contribution >= 0.6 is 0 Å². The SMILES string of the molecule is CC[C@H](N)[C@H](O)C(F)F. The largest absolute Gasteiger partial charge is 0.386 e. The van der Waals surface area contributed by atoms with Crippen molar-refractivity contribution in [1.29, 1.82) is 0 Å². The highest BCUT2D eigenvalue weighted by atomic mass is 19.3. The Kier molecular flexibility index (Phi) is 3.65. The molecule has 0 heterocycles. The molecule has 0 aromatic carbocycles. The van der Waals surface area contributed by atoms with Crippen molar-refractivity contribution in [3.05, 3.63) is 0 Å². The lowest BCUT2D eigenvalue weighted by atomic mass is 10.1. The highest BCUT2D eigenvalue weighted by Crippen LogP contribution is 2.05. The van der Waals surface area contributed by atoms with Gasteiger partial charge in [-0.05, 0) is 6.42 Å². The molecular weight excluding hydrogens is 128 g/mol. The van der Waals surface area contributed by atoms with Crippen LogP contribution in [0.5, 0.6) is 0 Å². The molecule has 0 spiro atoms. The van der Waals surface area contributed by atoms with Crippen molar-refractivity contribution in [2.75, 3.05) is 0 Å². The zero-order valence-corrected chi connectivity index (χ0v) is 5.22. The molecule has 0 amide bonds. The molecule has 0 radical (unpaired) electrons. The van der Waals surface area contributed by atoms with E-state index in [2.05, 4.69) is 0 Å². The van der Waals surface area contributed by atoms with Crippen molar-refractivity contribution in [2.24, 2.45) is 5.73 Å². The lowest BCUT2D eigenvalue weighted by molar-refractivity contribution is -0.0191. The van der Waals surface area contributed by atoms with Crippen LogP contribution in [-0.2, 0) is 0 Å². The van der Waals surface area contributed by atoms with Crippen molar-refractivity contribution in [1.82, 2.24) is 0 Å². The predicted molar refractivity (Wildman–Crippen MR) is 30.3 cm³/mol. The zero-order chi connectivity index (χ0) is 7.44. The Morgan fingerprint density at radius 2 is 2.00 bits per heavy atom. The Labute approximate surface area is 52.7 Å². The summed E-state index contributed by atoms with van der Waals surface area (Å²) in [5.41, 5.74) is 5.09. The first-order chi connectivity index (χ1) is 4.09. The Hall–Kier alpha value is -0.220. The molecule has 4 heteroatoms. The van der Waals surface area contributed by atoms with Crippen LogP contribution in [-0.4, -0.2) is 23.7 Å². The van der Waals surface area contributed by atoms with Crippen LogP contribution in [0.4, 0.5) is 8.78 Å². The molecule has 0 aliphatic carbocycles. The molecule has 0 saturated carbocycles. The quantitative estimate of drug-likeness (QED) is 0.592. The summed E-state index contributed by atoms with van der Waals surface area (Å²) in [6.45, 7) is 1.65. The van der Waals surface area contributed by atoms with Gasteiger partial charge < -0.3 is 10.8 Å². The number of halogens is 2. The van der Waals surface area contributed by atoms with Crippen molar-refractivity contribution in [3.63, 3.8) is 0 Å². The number of nitrogens with two attached hydrogens (primary N) is 1. The molecule has 3 N–H and O–H groups in total. The van der Waals surface area contributed by atoms with E-state index < -0.39 is 18.6 Å². The fraction of sp³-hybridized carbons (Fsp3) is 1.00. The summed E-state index contributed by atoms with van der Waals surface area (Å²) < 4.78 is 23.1. The molecule has 2 atom stereocenters. The van der Waals surface area contributed by atoms with Crippen molar-refractivity contribution in [2.45, 2.75) is 31.9 Å². The maximum Gasteiger partial charge on any atom is 0.265 e. The molecule has 0 fully saturated rings. The second-order valence-corrected chi connectivity index (χ2v) is 1.90. The van der Waals surface area contributed by atoms with Gasteiger partial charge in [-0.15, -0.1) is 0 Å². The summed E-state index contributed by atoms with van der Waals surface area (Å²) in [5.74, 6) is 0. The van der Waals surface area contributed by atoms with Gasteiger partial charge in [0.15, 0.2) is 0 Å². The molecule has 0 unspecified atom stereocenters. The minimum atomic E-state index is -2.72. The first-order valence-corrected chi connectivity index (χ1v) is 2.81. The monoisotopic (exact) mass is 139 g/mol. The first kappa shape index (κ1) is 8.78. The van der Waals surface area contributed by atoms with Crippen LogP contribution < -0.4 is 5.73 Å². The molecule has 0 bridgehead atoms. The molecule has 9 heavy (non-hydrogen) atoms. The van der Waals surface area contributed by atoms with E-state index in [1.54, 1.807) is 6.92 Å². The standard InChI is InChI=1S/C5H11F2NO/c1-2-3(8)4(9)5(6)7/h3-5,9H,2,8H2,1H3/t3-,4-/m0/s1. The Bertz CT molecular complexity index is 79.4. The van der Waals surface area contributed by atoms with Crippen molar-refractivity contribution in [3.8, 4) is 0 Å². The number of alkyl halides is 2. The third kappa shape index (κ3) is 2.72.